The van der Waals surface area contributed by atoms with Crippen LogP contribution in [0.2, 0.25) is 5.02 Å². The zero-order valence-corrected chi connectivity index (χ0v) is 12.8. The summed E-state index contributed by atoms with van der Waals surface area (Å²) in [6, 6.07) is 10.2. The molecule has 2 aromatic rings. The van der Waals surface area contributed by atoms with Crippen LogP contribution in [0.4, 0.5) is 5.69 Å². The minimum atomic E-state index is -0.482. The molecule has 0 saturated heterocycles. The molecule has 0 unspecified atom stereocenters. The molecule has 2 aromatic carbocycles. The fourth-order valence-corrected chi connectivity index (χ4v) is 2.29. The molecule has 0 saturated carbocycles. The summed E-state index contributed by atoms with van der Waals surface area (Å²) in [4.78, 5) is 10.5. The summed E-state index contributed by atoms with van der Waals surface area (Å²) in [6.45, 7) is 2.09. The molecule has 6 heteroatoms. The molecule has 21 heavy (non-hydrogen) atoms. The Labute approximate surface area is 132 Å². The molecule has 4 nitrogen and oxygen atoms in total. The van der Waals surface area contributed by atoms with Crippen molar-refractivity contribution in [2.75, 3.05) is 0 Å². The van der Waals surface area contributed by atoms with E-state index in [1.54, 1.807) is 12.1 Å². The monoisotopic (exact) mass is 325 g/mol. The molecular weight excluding hydrogens is 313 g/mol. The third-order valence-corrected chi connectivity index (χ3v) is 3.63. The average Bonchev–Trinajstić information content (AvgIpc) is 2.45. The fraction of sp³-hybridized carbons (Fsp3) is 0.200. The van der Waals surface area contributed by atoms with Crippen LogP contribution < -0.4 is 4.74 Å². The van der Waals surface area contributed by atoms with Crippen LogP contribution in [0.25, 0.3) is 0 Å². The van der Waals surface area contributed by atoms with Crippen molar-refractivity contribution in [1.82, 2.24) is 0 Å². The van der Waals surface area contributed by atoms with Crippen molar-refractivity contribution in [3.8, 4) is 5.75 Å². The number of alkyl halides is 1. The van der Waals surface area contributed by atoms with E-state index in [0.717, 1.165) is 16.7 Å². The number of nitro benzene ring substituents is 1. The van der Waals surface area contributed by atoms with Gasteiger partial charge in [-0.1, -0.05) is 29.8 Å². The second-order valence-electron chi connectivity index (χ2n) is 4.58. The van der Waals surface area contributed by atoms with Crippen LogP contribution in [0.3, 0.4) is 0 Å². The van der Waals surface area contributed by atoms with E-state index in [4.69, 9.17) is 27.9 Å². The predicted octanol–water partition coefficient (Wildman–Crippen LogP) is 4.87. The molecule has 0 heterocycles. The average molecular weight is 326 g/mol. The van der Waals surface area contributed by atoms with Gasteiger partial charge in [0, 0.05) is 22.5 Å². The Balaban J connectivity index is 2.24. The Morgan fingerprint density at radius 3 is 2.62 bits per heavy atom. The Kier molecular flexibility index (Phi) is 5.04. The summed E-state index contributed by atoms with van der Waals surface area (Å²) < 4.78 is 5.56. The number of hydrogen-bond acceptors (Lipinski definition) is 3. The first-order chi connectivity index (χ1) is 10.0. The number of hydrogen-bond donors (Lipinski definition) is 0. The highest BCUT2D eigenvalue weighted by Crippen LogP contribution is 2.30. The molecule has 0 spiro atoms. The third kappa shape index (κ3) is 3.86. The first-order valence-corrected chi connectivity index (χ1v) is 7.13. The Morgan fingerprint density at radius 2 is 2.00 bits per heavy atom. The van der Waals surface area contributed by atoms with E-state index in [-0.39, 0.29) is 23.9 Å². The molecule has 0 aliphatic rings. The number of ether oxygens (including phenoxy) is 1. The summed E-state index contributed by atoms with van der Waals surface area (Å²) in [5, 5.41) is 11.6. The maximum absolute atomic E-state index is 11.0. The van der Waals surface area contributed by atoms with Crippen molar-refractivity contribution in [3.05, 3.63) is 68.2 Å². The number of benzene rings is 2. The number of aryl methyl sites for hydroxylation is 1. The molecular formula is C15H13Cl2NO3. The Morgan fingerprint density at radius 1 is 1.24 bits per heavy atom. The minimum Gasteiger partial charge on any atom is -0.482 e. The zero-order valence-electron chi connectivity index (χ0n) is 11.3. The second-order valence-corrected chi connectivity index (χ2v) is 5.25. The van der Waals surface area contributed by atoms with Crippen LogP contribution in [0.1, 0.15) is 16.7 Å². The van der Waals surface area contributed by atoms with Gasteiger partial charge >= 0.3 is 5.69 Å². The van der Waals surface area contributed by atoms with E-state index < -0.39 is 4.92 Å². The standard InChI is InChI=1S/C15H13Cl2NO3/c1-10-2-4-12(13(17)6-10)9-21-15-7-11(8-16)3-5-14(15)18(19)20/h2-7H,8-9H2,1H3. The molecule has 0 radical (unpaired) electrons. The Bertz CT molecular complexity index is 674. The van der Waals surface area contributed by atoms with E-state index in [9.17, 15) is 10.1 Å². The van der Waals surface area contributed by atoms with Crippen LogP contribution in [0, 0.1) is 17.0 Å². The molecule has 0 atom stereocenters. The van der Waals surface area contributed by atoms with Gasteiger partial charge in [0.25, 0.3) is 0 Å². The number of halogens is 2. The van der Waals surface area contributed by atoms with Crippen LogP contribution >= 0.6 is 23.2 Å². The van der Waals surface area contributed by atoms with Gasteiger partial charge in [-0.3, -0.25) is 10.1 Å². The largest absolute Gasteiger partial charge is 0.482 e. The first-order valence-electron chi connectivity index (χ1n) is 6.22. The van der Waals surface area contributed by atoms with E-state index in [0.29, 0.717) is 5.02 Å². The molecule has 0 amide bonds. The van der Waals surface area contributed by atoms with Crippen molar-refractivity contribution >= 4 is 28.9 Å². The normalized spacial score (nSPS) is 10.4. The summed E-state index contributed by atoms with van der Waals surface area (Å²) in [6.07, 6.45) is 0. The molecule has 2 rings (SSSR count). The zero-order chi connectivity index (χ0) is 15.4. The molecule has 0 aliphatic carbocycles. The van der Waals surface area contributed by atoms with E-state index in [1.165, 1.54) is 6.07 Å². The number of nitro groups is 1. The van der Waals surface area contributed by atoms with Gasteiger partial charge < -0.3 is 4.74 Å². The molecule has 0 N–H and O–H groups in total. The highest BCUT2D eigenvalue weighted by Gasteiger charge is 2.16. The molecule has 0 aromatic heterocycles. The predicted molar refractivity (Wildman–Crippen MR) is 83.2 cm³/mol. The van der Waals surface area contributed by atoms with Crippen molar-refractivity contribution in [3.63, 3.8) is 0 Å². The van der Waals surface area contributed by atoms with E-state index >= 15 is 0 Å². The van der Waals surface area contributed by atoms with Crippen LogP contribution in [-0.2, 0) is 12.5 Å². The van der Waals surface area contributed by atoms with E-state index in [2.05, 4.69) is 0 Å². The summed E-state index contributed by atoms with van der Waals surface area (Å²) in [5.41, 5.74) is 2.48. The van der Waals surface area contributed by atoms with Gasteiger partial charge in [0.2, 0.25) is 0 Å². The molecule has 0 fully saturated rings. The fourth-order valence-electron chi connectivity index (χ4n) is 1.83. The number of nitrogens with zero attached hydrogens (tertiary/aromatic N) is 1. The van der Waals surface area contributed by atoms with Gasteiger partial charge in [-0.25, -0.2) is 0 Å². The quantitative estimate of drug-likeness (QED) is 0.447. The summed E-state index contributed by atoms with van der Waals surface area (Å²) in [5.74, 6) is 0.453. The molecule has 0 bridgehead atoms. The minimum absolute atomic E-state index is 0.0906. The molecule has 0 aliphatic heterocycles. The smallest absolute Gasteiger partial charge is 0.310 e. The maximum atomic E-state index is 11.0. The van der Waals surface area contributed by atoms with Gasteiger partial charge in [0.05, 0.1) is 4.92 Å². The lowest BCUT2D eigenvalue weighted by Gasteiger charge is -2.09. The highest BCUT2D eigenvalue weighted by molar-refractivity contribution is 6.31. The molecule has 110 valence electrons. The van der Waals surface area contributed by atoms with Crippen LogP contribution in [0.15, 0.2) is 36.4 Å². The van der Waals surface area contributed by atoms with Gasteiger partial charge in [0.15, 0.2) is 5.75 Å². The van der Waals surface area contributed by atoms with Gasteiger partial charge in [0.1, 0.15) is 6.61 Å². The lowest BCUT2D eigenvalue weighted by molar-refractivity contribution is -0.386. The van der Waals surface area contributed by atoms with Crippen molar-refractivity contribution in [1.29, 1.82) is 0 Å². The third-order valence-electron chi connectivity index (χ3n) is 2.97. The van der Waals surface area contributed by atoms with Gasteiger partial charge in [-0.2, -0.15) is 0 Å². The van der Waals surface area contributed by atoms with Crippen LogP contribution in [-0.4, -0.2) is 4.92 Å². The highest BCUT2D eigenvalue weighted by atomic mass is 35.5. The maximum Gasteiger partial charge on any atom is 0.310 e. The van der Waals surface area contributed by atoms with Crippen molar-refractivity contribution in [2.45, 2.75) is 19.4 Å². The summed E-state index contributed by atoms with van der Waals surface area (Å²) >= 11 is 11.9. The topological polar surface area (TPSA) is 52.4 Å². The van der Waals surface area contributed by atoms with Gasteiger partial charge in [-0.15, -0.1) is 11.6 Å². The first kappa shape index (κ1) is 15.6. The second kappa shape index (κ2) is 6.78. The Hall–Kier alpha value is -1.78. The van der Waals surface area contributed by atoms with Crippen molar-refractivity contribution < 1.29 is 9.66 Å². The SMILES string of the molecule is Cc1ccc(COc2cc(CCl)ccc2[N+](=O)[O-])c(Cl)c1. The van der Waals surface area contributed by atoms with Gasteiger partial charge in [-0.05, 0) is 30.2 Å². The van der Waals surface area contributed by atoms with Crippen LogP contribution in [0.5, 0.6) is 5.75 Å². The lowest BCUT2D eigenvalue weighted by atomic mass is 10.1. The van der Waals surface area contributed by atoms with Crippen molar-refractivity contribution in [2.24, 2.45) is 0 Å². The number of rotatable bonds is 5. The lowest BCUT2D eigenvalue weighted by Crippen LogP contribution is -2.00. The van der Waals surface area contributed by atoms with E-state index in [1.807, 2.05) is 25.1 Å². The summed E-state index contributed by atoms with van der Waals surface area (Å²) in [7, 11) is 0.